The summed E-state index contributed by atoms with van der Waals surface area (Å²) in [6, 6.07) is 8.93. The number of fused-ring (bicyclic) bond motifs is 1. The Bertz CT molecular complexity index is 902. The van der Waals surface area contributed by atoms with Crippen molar-refractivity contribution in [3.63, 3.8) is 0 Å². The van der Waals surface area contributed by atoms with Crippen molar-refractivity contribution in [2.24, 2.45) is 10.2 Å². The molecule has 0 bridgehead atoms. The maximum Gasteiger partial charge on any atom is 0.335 e. The number of pyridine rings is 1. The first-order chi connectivity index (χ1) is 10.6. The molecule has 0 unspecified atom stereocenters. The maximum absolute atomic E-state index is 13.5. The van der Waals surface area contributed by atoms with Gasteiger partial charge < -0.3 is 5.11 Å². The van der Waals surface area contributed by atoms with Crippen LogP contribution in [-0.2, 0) is 0 Å². The molecule has 3 rings (SSSR count). The fraction of sp³-hybridized carbons (Fsp3) is 0.0667. The van der Waals surface area contributed by atoms with Crippen LogP contribution in [0.5, 0.6) is 0 Å². The molecule has 22 heavy (non-hydrogen) atoms. The molecule has 2 aromatic heterocycles. The van der Waals surface area contributed by atoms with Gasteiger partial charge in [0, 0.05) is 6.20 Å². The molecule has 1 aromatic carbocycles. The molecule has 110 valence electrons. The number of halogens is 1. The Morgan fingerprint density at radius 3 is 2.77 bits per heavy atom. The van der Waals surface area contributed by atoms with Gasteiger partial charge in [0.2, 0.25) is 0 Å². The number of carboxylic acids is 1. The zero-order chi connectivity index (χ0) is 15.7. The quantitative estimate of drug-likeness (QED) is 0.745. The second-order valence-electron chi connectivity index (χ2n) is 4.62. The monoisotopic (exact) mass is 298 g/mol. The molecule has 7 heteroatoms. The van der Waals surface area contributed by atoms with Crippen LogP contribution in [0.15, 0.2) is 52.8 Å². The van der Waals surface area contributed by atoms with Crippen LogP contribution in [0.25, 0.3) is 5.65 Å². The number of aromatic nitrogens is 2. The number of aryl methyl sites for hydroxylation is 1. The highest BCUT2D eigenvalue weighted by Crippen LogP contribution is 2.25. The highest BCUT2D eigenvalue weighted by Gasteiger charge is 2.11. The van der Waals surface area contributed by atoms with Crippen molar-refractivity contribution >= 4 is 23.1 Å². The van der Waals surface area contributed by atoms with Gasteiger partial charge in [0.05, 0.1) is 11.3 Å². The predicted molar refractivity (Wildman–Crippen MR) is 77.5 cm³/mol. The minimum absolute atomic E-state index is 0.124. The van der Waals surface area contributed by atoms with Gasteiger partial charge in [-0.1, -0.05) is 12.1 Å². The number of hydrogen-bond donors (Lipinski definition) is 1. The van der Waals surface area contributed by atoms with E-state index in [4.69, 9.17) is 5.11 Å². The lowest BCUT2D eigenvalue weighted by Gasteiger charge is -1.98. The summed E-state index contributed by atoms with van der Waals surface area (Å²) in [4.78, 5) is 15.2. The molecular formula is C15H11FN4O2. The average molecular weight is 298 g/mol. The Morgan fingerprint density at radius 1 is 1.27 bits per heavy atom. The third-order valence-electron chi connectivity index (χ3n) is 3.12. The van der Waals surface area contributed by atoms with Crippen molar-refractivity contribution in [2.75, 3.05) is 0 Å². The van der Waals surface area contributed by atoms with E-state index in [1.54, 1.807) is 29.7 Å². The highest BCUT2D eigenvalue weighted by molar-refractivity contribution is 5.88. The molecule has 3 aromatic rings. The van der Waals surface area contributed by atoms with Gasteiger partial charge in [-0.25, -0.2) is 14.2 Å². The third-order valence-corrected chi connectivity index (χ3v) is 3.12. The number of carboxylic acid groups (broad SMARTS) is 1. The summed E-state index contributed by atoms with van der Waals surface area (Å²) in [6.07, 6.45) is 1.55. The minimum atomic E-state index is -1.03. The first-order valence-corrected chi connectivity index (χ1v) is 6.44. The molecule has 0 fully saturated rings. The van der Waals surface area contributed by atoms with Gasteiger partial charge in [-0.3, -0.25) is 4.40 Å². The van der Waals surface area contributed by atoms with Gasteiger partial charge in [-0.05, 0) is 31.2 Å². The zero-order valence-corrected chi connectivity index (χ0v) is 11.6. The number of aromatic carboxylic acids is 1. The Kier molecular flexibility index (Phi) is 3.38. The van der Waals surface area contributed by atoms with Crippen molar-refractivity contribution in [2.45, 2.75) is 6.92 Å². The molecule has 1 N–H and O–H groups in total. The molecular weight excluding hydrogens is 287 g/mol. The van der Waals surface area contributed by atoms with E-state index in [-0.39, 0.29) is 11.3 Å². The van der Waals surface area contributed by atoms with Crippen LogP contribution < -0.4 is 0 Å². The lowest BCUT2D eigenvalue weighted by atomic mass is 10.3. The van der Waals surface area contributed by atoms with E-state index in [0.29, 0.717) is 17.2 Å². The average Bonchev–Trinajstić information content (AvgIpc) is 2.81. The highest BCUT2D eigenvalue weighted by atomic mass is 19.1. The van der Waals surface area contributed by atoms with Crippen LogP contribution >= 0.6 is 0 Å². The summed E-state index contributed by atoms with van der Waals surface area (Å²) in [5.41, 5.74) is 1.27. The van der Waals surface area contributed by atoms with Crippen LogP contribution in [-0.4, -0.2) is 20.5 Å². The normalized spacial score (nSPS) is 11.4. The molecule has 0 saturated heterocycles. The Balaban J connectivity index is 2.06. The molecule has 0 aliphatic heterocycles. The second-order valence-corrected chi connectivity index (χ2v) is 4.62. The number of rotatable bonds is 3. The van der Waals surface area contributed by atoms with Gasteiger partial charge in [-0.2, -0.15) is 0 Å². The van der Waals surface area contributed by atoms with Crippen LogP contribution in [0.1, 0.15) is 16.1 Å². The number of hydrogen-bond acceptors (Lipinski definition) is 4. The topological polar surface area (TPSA) is 79.3 Å². The molecule has 0 radical (unpaired) electrons. The van der Waals surface area contributed by atoms with Crippen LogP contribution in [0.2, 0.25) is 0 Å². The van der Waals surface area contributed by atoms with E-state index < -0.39 is 11.8 Å². The van der Waals surface area contributed by atoms with Gasteiger partial charge in [0.1, 0.15) is 11.3 Å². The summed E-state index contributed by atoms with van der Waals surface area (Å²) < 4.78 is 15.1. The Labute approximate surface area is 124 Å². The zero-order valence-electron chi connectivity index (χ0n) is 11.6. The van der Waals surface area contributed by atoms with Gasteiger partial charge in [0.15, 0.2) is 11.6 Å². The maximum atomic E-state index is 13.5. The standard InChI is InChI=1S/C15H11FN4O2/c1-9-14(19-18-12-5-3-2-4-11(12)16)20-7-6-10(15(21)22)8-13(20)17-9/h2-8H,1H3,(H,21,22). The fourth-order valence-electron chi connectivity index (χ4n) is 2.04. The molecule has 6 nitrogen and oxygen atoms in total. The summed E-state index contributed by atoms with van der Waals surface area (Å²) in [7, 11) is 0. The molecule has 0 aliphatic carbocycles. The van der Waals surface area contributed by atoms with E-state index in [1.807, 2.05) is 0 Å². The Hall–Kier alpha value is -3.09. The second kappa shape index (κ2) is 5.36. The van der Waals surface area contributed by atoms with E-state index >= 15 is 0 Å². The van der Waals surface area contributed by atoms with Crippen molar-refractivity contribution in [1.82, 2.24) is 9.38 Å². The van der Waals surface area contributed by atoms with E-state index in [0.717, 1.165) is 0 Å². The van der Waals surface area contributed by atoms with Crippen molar-refractivity contribution < 1.29 is 14.3 Å². The fourth-order valence-corrected chi connectivity index (χ4v) is 2.04. The number of carbonyl (C=O) groups is 1. The third kappa shape index (κ3) is 2.44. The number of nitrogens with zero attached hydrogens (tertiary/aromatic N) is 4. The van der Waals surface area contributed by atoms with Gasteiger partial charge in [-0.15, -0.1) is 10.2 Å². The van der Waals surface area contributed by atoms with Crippen LogP contribution in [0, 0.1) is 12.7 Å². The van der Waals surface area contributed by atoms with Gasteiger partial charge >= 0.3 is 5.97 Å². The van der Waals surface area contributed by atoms with E-state index in [9.17, 15) is 9.18 Å². The lowest BCUT2D eigenvalue weighted by Crippen LogP contribution is -1.97. The SMILES string of the molecule is Cc1nc2cc(C(=O)O)ccn2c1N=Nc1ccccc1F. The summed E-state index contributed by atoms with van der Waals surface area (Å²) in [5.74, 6) is -1.07. The molecule has 0 atom stereocenters. The molecule has 0 amide bonds. The number of azo groups is 1. The summed E-state index contributed by atoms with van der Waals surface area (Å²) >= 11 is 0. The first kappa shape index (κ1) is 13.9. The minimum Gasteiger partial charge on any atom is -0.478 e. The summed E-state index contributed by atoms with van der Waals surface area (Å²) in [5, 5.41) is 16.9. The van der Waals surface area contributed by atoms with Crippen molar-refractivity contribution in [3.8, 4) is 0 Å². The number of imidazole rings is 1. The number of benzene rings is 1. The van der Waals surface area contributed by atoms with Gasteiger partial charge in [0.25, 0.3) is 0 Å². The first-order valence-electron chi connectivity index (χ1n) is 6.44. The molecule has 0 saturated carbocycles. The van der Waals surface area contributed by atoms with Crippen molar-refractivity contribution in [3.05, 3.63) is 59.7 Å². The molecule has 2 heterocycles. The molecule has 0 spiro atoms. The Morgan fingerprint density at radius 2 is 2.05 bits per heavy atom. The predicted octanol–water partition coefficient (Wildman–Crippen LogP) is 3.90. The van der Waals surface area contributed by atoms with Crippen molar-refractivity contribution in [1.29, 1.82) is 0 Å². The smallest absolute Gasteiger partial charge is 0.335 e. The van der Waals surface area contributed by atoms with E-state index in [1.165, 1.54) is 24.3 Å². The van der Waals surface area contributed by atoms with Crippen LogP contribution in [0.4, 0.5) is 15.9 Å². The lowest BCUT2D eigenvalue weighted by molar-refractivity contribution is 0.0697. The largest absolute Gasteiger partial charge is 0.478 e. The molecule has 0 aliphatic rings. The van der Waals surface area contributed by atoms with E-state index in [2.05, 4.69) is 15.2 Å². The summed E-state index contributed by atoms with van der Waals surface area (Å²) in [6.45, 7) is 1.73. The van der Waals surface area contributed by atoms with Crippen LogP contribution in [0.3, 0.4) is 0 Å².